The van der Waals surface area contributed by atoms with Crippen molar-refractivity contribution in [3.05, 3.63) is 28.8 Å². The van der Waals surface area contributed by atoms with E-state index in [9.17, 15) is 4.79 Å². The van der Waals surface area contributed by atoms with E-state index in [0.29, 0.717) is 16.5 Å². The largest absolute Gasteiger partial charge is 0.370 e. The van der Waals surface area contributed by atoms with Crippen LogP contribution in [0.5, 0.6) is 0 Å². The van der Waals surface area contributed by atoms with Gasteiger partial charge in [0.05, 0.1) is 10.7 Å². The van der Waals surface area contributed by atoms with Crippen LogP contribution in [-0.2, 0) is 0 Å². The molecule has 1 rings (SSSR count). The number of hydrogen-bond acceptors (Lipinski definition) is 2. The molecule has 0 aliphatic heterocycles. The first-order chi connectivity index (χ1) is 8.65. The summed E-state index contributed by atoms with van der Waals surface area (Å²) < 4.78 is 0. The normalized spacial score (nSPS) is 10.7. The zero-order valence-corrected chi connectivity index (χ0v) is 12.2. The summed E-state index contributed by atoms with van der Waals surface area (Å²) in [6.45, 7) is 8.52. The number of anilines is 1. The Morgan fingerprint density at radius 3 is 2.39 bits per heavy atom. The molecule has 0 amide bonds. The van der Waals surface area contributed by atoms with Crippen molar-refractivity contribution in [1.29, 1.82) is 0 Å². The van der Waals surface area contributed by atoms with Gasteiger partial charge in [-0.2, -0.15) is 0 Å². The molecule has 2 nitrogen and oxygen atoms in total. The van der Waals surface area contributed by atoms with Gasteiger partial charge in [-0.1, -0.05) is 38.3 Å². The molecule has 0 unspecified atom stereocenters. The molecule has 100 valence electrons. The van der Waals surface area contributed by atoms with Crippen molar-refractivity contribution < 1.29 is 4.79 Å². The van der Waals surface area contributed by atoms with Gasteiger partial charge in [-0.3, -0.25) is 4.79 Å². The molecule has 0 saturated heterocycles. The molecule has 1 aromatic carbocycles. The average Bonchev–Trinajstić information content (AvgIpc) is 2.41. The molecule has 0 saturated carbocycles. The second kappa shape index (κ2) is 7.42. The second-order valence-electron chi connectivity index (χ2n) is 4.55. The van der Waals surface area contributed by atoms with Crippen LogP contribution in [0.15, 0.2) is 18.2 Å². The lowest BCUT2D eigenvalue weighted by molar-refractivity contribution is 0.112. The highest BCUT2D eigenvalue weighted by molar-refractivity contribution is 6.33. The summed E-state index contributed by atoms with van der Waals surface area (Å²) in [5.41, 5.74) is 1.65. The SMILES string of the molecule is CCC(CC)CN(CC)c1ccc(C=O)cc1Cl. The first-order valence-corrected chi connectivity index (χ1v) is 7.03. The third-order valence-electron chi connectivity index (χ3n) is 3.46. The molecular weight excluding hydrogens is 246 g/mol. The first kappa shape index (κ1) is 15.0. The van der Waals surface area contributed by atoms with Crippen LogP contribution < -0.4 is 4.90 Å². The minimum Gasteiger partial charge on any atom is -0.370 e. The van der Waals surface area contributed by atoms with E-state index in [4.69, 9.17) is 11.6 Å². The number of carbonyl (C=O) groups excluding carboxylic acids is 1. The van der Waals surface area contributed by atoms with Crippen molar-refractivity contribution >= 4 is 23.6 Å². The Kier molecular flexibility index (Phi) is 6.20. The van der Waals surface area contributed by atoms with Crippen LogP contribution >= 0.6 is 11.6 Å². The summed E-state index contributed by atoms with van der Waals surface area (Å²) in [5.74, 6) is 0.687. The number of carbonyl (C=O) groups is 1. The quantitative estimate of drug-likeness (QED) is 0.682. The average molecular weight is 268 g/mol. The summed E-state index contributed by atoms with van der Waals surface area (Å²) in [5, 5.41) is 0.660. The minimum atomic E-state index is 0.627. The van der Waals surface area contributed by atoms with Gasteiger partial charge in [-0.05, 0) is 31.0 Å². The van der Waals surface area contributed by atoms with E-state index in [2.05, 4.69) is 25.7 Å². The maximum absolute atomic E-state index is 10.7. The highest BCUT2D eigenvalue weighted by Gasteiger charge is 2.13. The summed E-state index contributed by atoms with van der Waals surface area (Å²) in [6, 6.07) is 5.50. The van der Waals surface area contributed by atoms with Crippen molar-refractivity contribution in [3.8, 4) is 0 Å². The molecule has 0 fully saturated rings. The fourth-order valence-corrected chi connectivity index (χ4v) is 2.42. The Labute approximate surface area is 115 Å². The molecule has 0 radical (unpaired) electrons. The van der Waals surface area contributed by atoms with Crippen LogP contribution in [0.4, 0.5) is 5.69 Å². The van der Waals surface area contributed by atoms with Gasteiger partial charge in [0.15, 0.2) is 0 Å². The van der Waals surface area contributed by atoms with Gasteiger partial charge in [0.2, 0.25) is 0 Å². The number of hydrogen-bond donors (Lipinski definition) is 0. The van der Waals surface area contributed by atoms with Gasteiger partial charge in [0, 0.05) is 18.7 Å². The van der Waals surface area contributed by atoms with E-state index >= 15 is 0 Å². The minimum absolute atomic E-state index is 0.627. The summed E-state index contributed by atoms with van der Waals surface area (Å²) in [6.07, 6.45) is 3.18. The Morgan fingerprint density at radius 1 is 1.28 bits per heavy atom. The van der Waals surface area contributed by atoms with Gasteiger partial charge < -0.3 is 4.90 Å². The lowest BCUT2D eigenvalue weighted by Gasteiger charge is -2.28. The molecular formula is C15H22ClNO. The lowest BCUT2D eigenvalue weighted by atomic mass is 10.0. The van der Waals surface area contributed by atoms with Gasteiger partial charge in [-0.15, -0.1) is 0 Å². The molecule has 0 heterocycles. The predicted molar refractivity (Wildman–Crippen MR) is 78.8 cm³/mol. The van der Waals surface area contributed by atoms with Gasteiger partial charge >= 0.3 is 0 Å². The van der Waals surface area contributed by atoms with Gasteiger partial charge in [0.1, 0.15) is 6.29 Å². The third kappa shape index (κ3) is 3.74. The highest BCUT2D eigenvalue weighted by Crippen LogP contribution is 2.27. The van der Waals surface area contributed by atoms with E-state index < -0.39 is 0 Å². The van der Waals surface area contributed by atoms with Crippen molar-refractivity contribution in [1.82, 2.24) is 0 Å². The topological polar surface area (TPSA) is 20.3 Å². The van der Waals surface area contributed by atoms with Crippen LogP contribution in [0.3, 0.4) is 0 Å². The van der Waals surface area contributed by atoms with Crippen LogP contribution in [0.25, 0.3) is 0 Å². The van der Waals surface area contributed by atoms with Crippen molar-refractivity contribution in [3.63, 3.8) is 0 Å². The maximum atomic E-state index is 10.7. The van der Waals surface area contributed by atoms with Crippen LogP contribution in [-0.4, -0.2) is 19.4 Å². The van der Waals surface area contributed by atoms with Crippen molar-refractivity contribution in [2.45, 2.75) is 33.6 Å². The van der Waals surface area contributed by atoms with E-state index in [1.54, 1.807) is 6.07 Å². The van der Waals surface area contributed by atoms with Gasteiger partial charge in [0.25, 0.3) is 0 Å². The number of aldehydes is 1. The van der Waals surface area contributed by atoms with Crippen molar-refractivity contribution in [2.24, 2.45) is 5.92 Å². The Bertz CT molecular complexity index is 388. The molecule has 0 N–H and O–H groups in total. The van der Waals surface area contributed by atoms with Crippen LogP contribution in [0.2, 0.25) is 5.02 Å². The molecule has 18 heavy (non-hydrogen) atoms. The third-order valence-corrected chi connectivity index (χ3v) is 3.77. The summed E-state index contributed by atoms with van der Waals surface area (Å²) >= 11 is 6.25. The van der Waals surface area contributed by atoms with Crippen LogP contribution in [0, 0.1) is 5.92 Å². The number of nitrogens with zero attached hydrogens (tertiary/aromatic N) is 1. The Morgan fingerprint density at radius 2 is 1.94 bits per heavy atom. The molecule has 0 bridgehead atoms. The maximum Gasteiger partial charge on any atom is 0.150 e. The van der Waals surface area contributed by atoms with E-state index in [1.807, 2.05) is 12.1 Å². The van der Waals surface area contributed by atoms with E-state index in [0.717, 1.165) is 25.1 Å². The van der Waals surface area contributed by atoms with E-state index in [-0.39, 0.29) is 0 Å². The molecule has 0 aliphatic carbocycles. The second-order valence-corrected chi connectivity index (χ2v) is 4.96. The molecule has 0 atom stereocenters. The zero-order valence-electron chi connectivity index (χ0n) is 11.4. The monoisotopic (exact) mass is 267 g/mol. The van der Waals surface area contributed by atoms with Crippen LogP contribution in [0.1, 0.15) is 44.0 Å². The molecule has 0 spiro atoms. The standard InChI is InChI=1S/C15H22ClNO/c1-4-12(5-2)10-17(6-3)15-8-7-13(11-18)9-14(15)16/h7-9,11-12H,4-6,10H2,1-3H3. The number of rotatable bonds is 7. The fraction of sp³-hybridized carbons (Fsp3) is 0.533. The summed E-state index contributed by atoms with van der Waals surface area (Å²) in [7, 11) is 0. The Hall–Kier alpha value is -1.02. The molecule has 3 heteroatoms. The number of halogens is 1. The molecule has 0 aliphatic rings. The highest BCUT2D eigenvalue weighted by atomic mass is 35.5. The lowest BCUT2D eigenvalue weighted by Crippen LogP contribution is -2.29. The molecule has 1 aromatic rings. The van der Waals surface area contributed by atoms with Crippen molar-refractivity contribution in [2.75, 3.05) is 18.0 Å². The molecule has 0 aromatic heterocycles. The van der Waals surface area contributed by atoms with E-state index in [1.165, 1.54) is 12.8 Å². The fourth-order valence-electron chi connectivity index (χ4n) is 2.11. The predicted octanol–water partition coefficient (Wildman–Crippen LogP) is 4.42. The van der Waals surface area contributed by atoms with Gasteiger partial charge in [-0.25, -0.2) is 0 Å². The zero-order chi connectivity index (χ0) is 13.5. The first-order valence-electron chi connectivity index (χ1n) is 6.65. The summed E-state index contributed by atoms with van der Waals surface area (Å²) in [4.78, 5) is 13.0. The Balaban J connectivity index is 2.91. The number of benzene rings is 1. The smallest absolute Gasteiger partial charge is 0.150 e.